The molecule has 0 spiro atoms. The van der Waals surface area contributed by atoms with Gasteiger partial charge in [0.25, 0.3) is 5.89 Å². The van der Waals surface area contributed by atoms with E-state index >= 15 is 0 Å². The average Bonchev–Trinajstić information content (AvgIpc) is 3.60. The van der Waals surface area contributed by atoms with Gasteiger partial charge in [0.05, 0.1) is 17.7 Å². The first-order valence-electron chi connectivity index (χ1n) is 11.8. The first-order chi connectivity index (χ1) is 16.5. The summed E-state index contributed by atoms with van der Waals surface area (Å²) in [6, 6.07) is 13.5. The van der Waals surface area contributed by atoms with E-state index < -0.39 is 0 Å². The predicted molar refractivity (Wildman–Crippen MR) is 126 cm³/mol. The van der Waals surface area contributed by atoms with Gasteiger partial charge in [-0.25, -0.2) is 4.79 Å². The number of fused-ring (bicyclic) bond motifs is 1. The van der Waals surface area contributed by atoms with E-state index in [1.165, 1.54) is 0 Å². The van der Waals surface area contributed by atoms with E-state index in [9.17, 15) is 10.1 Å². The number of nitriles is 1. The normalized spacial score (nSPS) is 17.0. The third-order valence-corrected chi connectivity index (χ3v) is 6.34. The van der Waals surface area contributed by atoms with Gasteiger partial charge < -0.3 is 19.5 Å². The molecule has 2 amide bonds. The van der Waals surface area contributed by atoms with Crippen molar-refractivity contribution in [3.8, 4) is 34.7 Å². The van der Waals surface area contributed by atoms with Gasteiger partial charge in [-0.2, -0.15) is 10.2 Å². The number of hydrogen-bond donors (Lipinski definition) is 1. The smallest absolute Gasteiger partial charge is 0.317 e. The second-order valence-corrected chi connectivity index (χ2v) is 9.02. The van der Waals surface area contributed by atoms with Gasteiger partial charge in [0.15, 0.2) is 0 Å². The van der Waals surface area contributed by atoms with Crippen molar-refractivity contribution in [1.29, 1.82) is 5.26 Å². The maximum Gasteiger partial charge on any atom is 0.317 e. The van der Waals surface area contributed by atoms with Gasteiger partial charge >= 0.3 is 6.03 Å². The van der Waals surface area contributed by atoms with Crippen LogP contribution >= 0.6 is 0 Å². The summed E-state index contributed by atoms with van der Waals surface area (Å²) in [6.45, 7) is 5.49. The number of likely N-dealkylation sites (tertiary alicyclic amines) is 1. The lowest BCUT2D eigenvalue weighted by Crippen LogP contribution is -2.39. The molecule has 1 aliphatic carbocycles. The number of urea groups is 1. The van der Waals surface area contributed by atoms with Crippen molar-refractivity contribution in [3.63, 3.8) is 0 Å². The molecule has 0 saturated carbocycles. The molecule has 2 heterocycles. The summed E-state index contributed by atoms with van der Waals surface area (Å²) < 4.78 is 11.3. The van der Waals surface area contributed by atoms with E-state index in [0.717, 1.165) is 55.5 Å². The van der Waals surface area contributed by atoms with Gasteiger partial charge in [0.1, 0.15) is 11.8 Å². The van der Waals surface area contributed by atoms with Crippen LogP contribution in [0.15, 0.2) is 40.9 Å². The Labute approximate surface area is 198 Å². The lowest BCUT2D eigenvalue weighted by molar-refractivity contribution is 0.204. The van der Waals surface area contributed by atoms with Crippen molar-refractivity contribution in [2.24, 2.45) is 0 Å². The largest absolute Gasteiger partial charge is 0.490 e. The molecule has 0 unspecified atom stereocenters. The minimum Gasteiger partial charge on any atom is -0.490 e. The Bertz CT molecular complexity index is 1250. The molecular weight excluding hydrogens is 430 g/mol. The van der Waals surface area contributed by atoms with Crippen LogP contribution in [0.2, 0.25) is 0 Å². The Morgan fingerprint density at radius 1 is 1.26 bits per heavy atom. The van der Waals surface area contributed by atoms with Crippen LogP contribution in [-0.2, 0) is 6.42 Å². The Morgan fingerprint density at radius 2 is 2.09 bits per heavy atom. The van der Waals surface area contributed by atoms with Crippen LogP contribution in [0.1, 0.15) is 55.8 Å². The van der Waals surface area contributed by atoms with Crippen LogP contribution in [0, 0.1) is 11.3 Å². The van der Waals surface area contributed by atoms with Crippen molar-refractivity contribution >= 4 is 6.03 Å². The number of aromatic nitrogens is 2. The molecule has 1 saturated heterocycles. The van der Waals surface area contributed by atoms with E-state index in [4.69, 9.17) is 9.26 Å². The fourth-order valence-electron chi connectivity index (χ4n) is 4.73. The van der Waals surface area contributed by atoms with Crippen LogP contribution < -0.4 is 10.1 Å². The van der Waals surface area contributed by atoms with Gasteiger partial charge in [-0.1, -0.05) is 23.4 Å². The molecule has 174 valence electrons. The summed E-state index contributed by atoms with van der Waals surface area (Å²) in [5.41, 5.74) is 4.24. The number of carbonyl (C=O) groups excluding carboxylic acids is 1. The predicted octanol–water partition coefficient (Wildman–Crippen LogP) is 4.86. The summed E-state index contributed by atoms with van der Waals surface area (Å²) in [6.07, 6.45) is 3.79. The zero-order valence-electron chi connectivity index (χ0n) is 19.4. The maximum absolute atomic E-state index is 12.6. The summed E-state index contributed by atoms with van der Waals surface area (Å²) in [7, 11) is 0. The lowest BCUT2D eigenvalue weighted by Gasteiger charge is -2.20. The van der Waals surface area contributed by atoms with Crippen LogP contribution in [0.25, 0.3) is 22.8 Å². The molecule has 2 aromatic carbocycles. The first-order valence-corrected chi connectivity index (χ1v) is 11.8. The SMILES string of the molecule is CC(C)Oc1ccc(-c2nc(-c3cccc4c3CC[C@H]4NC(=O)N3CCCC3)no2)cc1C#N. The standard InChI is InChI=1S/C26H27N5O3/c1-16(2)33-23-11-8-17(14-18(23)15-27)25-29-24(30-34-25)21-7-5-6-20-19(21)9-10-22(20)28-26(32)31-12-3-4-13-31/h5-8,11,14,16,22H,3-4,9-10,12-13H2,1-2H3,(H,28,32)/t22-/m1/s1. The molecule has 8 nitrogen and oxygen atoms in total. The maximum atomic E-state index is 12.6. The molecule has 1 fully saturated rings. The van der Waals surface area contributed by atoms with Gasteiger partial charge in [0.2, 0.25) is 5.82 Å². The summed E-state index contributed by atoms with van der Waals surface area (Å²) >= 11 is 0. The molecule has 1 aromatic heterocycles. The zero-order chi connectivity index (χ0) is 23.7. The minimum atomic E-state index is -0.0305. The van der Waals surface area contributed by atoms with Gasteiger partial charge in [-0.05, 0) is 68.9 Å². The number of ether oxygens (including phenoxy) is 1. The van der Waals surface area contributed by atoms with Crippen LogP contribution in [0.3, 0.4) is 0 Å². The summed E-state index contributed by atoms with van der Waals surface area (Å²) in [5.74, 6) is 1.38. The van der Waals surface area contributed by atoms with Gasteiger partial charge in [-0.3, -0.25) is 0 Å². The molecule has 0 bridgehead atoms. The fraction of sp³-hybridized carbons (Fsp3) is 0.385. The van der Waals surface area contributed by atoms with E-state index in [1.54, 1.807) is 12.1 Å². The number of benzene rings is 2. The third-order valence-electron chi connectivity index (χ3n) is 6.34. The molecule has 2 aliphatic rings. The van der Waals surface area contributed by atoms with Crippen molar-refractivity contribution in [2.45, 2.75) is 51.7 Å². The van der Waals surface area contributed by atoms with E-state index in [-0.39, 0.29) is 18.2 Å². The van der Waals surface area contributed by atoms with Crippen molar-refractivity contribution in [3.05, 3.63) is 53.1 Å². The third kappa shape index (κ3) is 4.21. The second-order valence-electron chi connectivity index (χ2n) is 9.02. The summed E-state index contributed by atoms with van der Waals surface area (Å²) in [5, 5.41) is 16.9. The number of hydrogen-bond acceptors (Lipinski definition) is 6. The molecule has 8 heteroatoms. The monoisotopic (exact) mass is 457 g/mol. The highest BCUT2D eigenvalue weighted by Crippen LogP contribution is 2.38. The molecule has 34 heavy (non-hydrogen) atoms. The van der Waals surface area contributed by atoms with Crippen LogP contribution in [-0.4, -0.2) is 40.3 Å². The molecule has 3 aromatic rings. The van der Waals surface area contributed by atoms with Crippen LogP contribution in [0.4, 0.5) is 4.79 Å². The topological polar surface area (TPSA) is 104 Å². The second kappa shape index (κ2) is 9.18. The van der Waals surface area contributed by atoms with E-state index in [0.29, 0.717) is 28.6 Å². The fourth-order valence-corrected chi connectivity index (χ4v) is 4.73. The van der Waals surface area contributed by atoms with Crippen molar-refractivity contribution < 1.29 is 14.1 Å². The van der Waals surface area contributed by atoms with Crippen molar-refractivity contribution in [1.82, 2.24) is 20.4 Å². The Kier molecular flexibility index (Phi) is 5.93. The van der Waals surface area contributed by atoms with Gasteiger partial charge in [-0.15, -0.1) is 0 Å². The highest BCUT2D eigenvalue weighted by atomic mass is 16.5. The lowest BCUT2D eigenvalue weighted by atomic mass is 10.0. The zero-order valence-corrected chi connectivity index (χ0v) is 19.4. The number of nitrogens with one attached hydrogen (secondary N) is 1. The number of amides is 2. The average molecular weight is 458 g/mol. The molecule has 1 atom stereocenters. The molecular formula is C26H27N5O3. The number of carbonyl (C=O) groups is 1. The van der Waals surface area contributed by atoms with Crippen LogP contribution in [0.5, 0.6) is 5.75 Å². The molecule has 1 N–H and O–H groups in total. The number of nitrogens with zero attached hydrogens (tertiary/aromatic N) is 4. The molecule has 5 rings (SSSR count). The highest BCUT2D eigenvalue weighted by Gasteiger charge is 2.29. The summed E-state index contributed by atoms with van der Waals surface area (Å²) in [4.78, 5) is 19.1. The molecule has 1 aliphatic heterocycles. The molecule has 0 radical (unpaired) electrons. The first kappa shape index (κ1) is 22.0. The number of rotatable bonds is 5. The Hall–Kier alpha value is -3.86. The van der Waals surface area contributed by atoms with Gasteiger partial charge in [0, 0.05) is 24.2 Å². The Balaban J connectivity index is 1.39. The Morgan fingerprint density at radius 3 is 2.85 bits per heavy atom. The van der Waals surface area contributed by atoms with Crippen molar-refractivity contribution in [2.75, 3.05) is 13.1 Å². The minimum absolute atomic E-state index is 0.0129. The van der Waals surface area contributed by atoms with E-state index in [1.807, 2.05) is 36.9 Å². The quantitative estimate of drug-likeness (QED) is 0.587. The highest BCUT2D eigenvalue weighted by molar-refractivity contribution is 5.76. The van der Waals surface area contributed by atoms with E-state index in [2.05, 4.69) is 27.6 Å².